The monoisotopic (exact) mass is 418 g/mol. The molecule has 0 aliphatic carbocycles. The molecule has 1 rings (SSSR count). The second-order valence-electron chi connectivity index (χ2n) is 7.98. The van der Waals surface area contributed by atoms with Crippen molar-refractivity contribution < 1.29 is 14.3 Å². The van der Waals surface area contributed by atoms with Gasteiger partial charge in [-0.1, -0.05) is 18.8 Å². The predicted octanol–water partition coefficient (Wildman–Crippen LogP) is 2.02. The number of likely N-dealkylation sites (N-methyl/N-ethyl adjacent to an activating group) is 1. The molecule has 0 aliphatic rings. The first kappa shape index (κ1) is 25.0. The van der Waals surface area contributed by atoms with Gasteiger partial charge in [0.15, 0.2) is 0 Å². The van der Waals surface area contributed by atoms with Crippen molar-refractivity contribution in [3.63, 3.8) is 0 Å². The quantitative estimate of drug-likeness (QED) is 0.490. The molecule has 2 amide bonds. The van der Waals surface area contributed by atoms with Crippen molar-refractivity contribution in [3.8, 4) is 11.8 Å². The van der Waals surface area contributed by atoms with Crippen LogP contribution in [0.1, 0.15) is 52.5 Å². The minimum absolute atomic E-state index is 0.0590. The van der Waals surface area contributed by atoms with E-state index in [4.69, 9.17) is 10.5 Å². The van der Waals surface area contributed by atoms with Gasteiger partial charge in [-0.2, -0.15) is 4.98 Å². The number of unbranched alkanes of at least 4 members (excludes halogenated alkanes) is 1. The van der Waals surface area contributed by atoms with Crippen LogP contribution in [0.25, 0.3) is 0 Å². The van der Waals surface area contributed by atoms with Gasteiger partial charge in [-0.3, -0.25) is 4.79 Å². The molecule has 9 heteroatoms. The predicted molar refractivity (Wildman–Crippen MR) is 118 cm³/mol. The van der Waals surface area contributed by atoms with Gasteiger partial charge in [0, 0.05) is 33.6 Å². The Morgan fingerprint density at radius 1 is 1.30 bits per heavy atom. The Balaban J connectivity index is 2.45. The van der Waals surface area contributed by atoms with Crippen molar-refractivity contribution in [1.29, 1.82) is 0 Å². The molecule has 3 N–H and O–H groups in total. The van der Waals surface area contributed by atoms with E-state index in [9.17, 15) is 9.59 Å². The summed E-state index contributed by atoms with van der Waals surface area (Å²) in [4.78, 5) is 35.4. The lowest BCUT2D eigenvalue weighted by molar-refractivity contribution is -0.122. The summed E-state index contributed by atoms with van der Waals surface area (Å²) in [5, 5.41) is 2.78. The van der Waals surface area contributed by atoms with E-state index in [1.165, 1.54) is 11.9 Å². The zero-order chi connectivity index (χ0) is 22.7. The Hall–Kier alpha value is -3.02. The summed E-state index contributed by atoms with van der Waals surface area (Å²) in [6.45, 7) is 8.68. The molecular weight excluding hydrogens is 384 g/mol. The van der Waals surface area contributed by atoms with Crippen molar-refractivity contribution in [2.24, 2.45) is 0 Å². The topological polar surface area (TPSA) is 114 Å². The van der Waals surface area contributed by atoms with Crippen LogP contribution in [0.5, 0.6) is 0 Å². The van der Waals surface area contributed by atoms with E-state index < -0.39 is 11.7 Å². The summed E-state index contributed by atoms with van der Waals surface area (Å²) in [5.74, 6) is 6.86. The number of amides is 2. The zero-order valence-corrected chi connectivity index (χ0v) is 18.9. The molecule has 0 aromatic carbocycles. The molecule has 0 radical (unpaired) electrons. The smallest absolute Gasteiger partial charge is 0.410 e. The fourth-order valence-corrected chi connectivity index (χ4v) is 2.44. The van der Waals surface area contributed by atoms with E-state index in [1.54, 1.807) is 27.0 Å². The number of hydrogen-bond acceptors (Lipinski definition) is 7. The van der Waals surface area contributed by atoms with E-state index in [0.717, 1.165) is 24.3 Å². The molecule has 9 nitrogen and oxygen atoms in total. The molecule has 0 saturated heterocycles. The molecule has 0 atom stereocenters. The molecule has 0 saturated carbocycles. The van der Waals surface area contributed by atoms with Gasteiger partial charge < -0.3 is 25.6 Å². The average molecular weight is 419 g/mol. The Morgan fingerprint density at radius 3 is 2.63 bits per heavy atom. The summed E-state index contributed by atoms with van der Waals surface area (Å²) >= 11 is 0. The third-order valence-electron chi connectivity index (χ3n) is 3.82. The molecule has 0 aliphatic heterocycles. The highest BCUT2D eigenvalue weighted by Crippen LogP contribution is 2.16. The number of hydrogen-bond donors (Lipinski definition) is 2. The maximum absolute atomic E-state index is 12.0. The Bertz CT molecular complexity index is 779. The lowest BCUT2D eigenvalue weighted by Crippen LogP contribution is -2.41. The molecule has 0 spiro atoms. The first-order valence-electron chi connectivity index (χ1n) is 10.1. The third kappa shape index (κ3) is 9.45. The summed E-state index contributed by atoms with van der Waals surface area (Å²) in [6.07, 6.45) is 3.37. The molecule has 1 aromatic rings. The van der Waals surface area contributed by atoms with Crippen LogP contribution >= 0.6 is 0 Å². The maximum atomic E-state index is 12.0. The number of carbonyl (C=O) groups is 2. The molecule has 0 unspecified atom stereocenters. The third-order valence-corrected chi connectivity index (χ3v) is 3.82. The Kier molecular flexibility index (Phi) is 9.89. The molecule has 0 fully saturated rings. The highest BCUT2D eigenvalue weighted by Gasteiger charge is 2.20. The Morgan fingerprint density at radius 2 is 2.00 bits per heavy atom. The van der Waals surface area contributed by atoms with Crippen LogP contribution in [0.3, 0.4) is 0 Å². The number of nitrogens with one attached hydrogen (secondary N) is 1. The highest BCUT2D eigenvalue weighted by molar-refractivity contribution is 5.82. The fourth-order valence-electron chi connectivity index (χ4n) is 2.44. The van der Waals surface area contributed by atoms with Gasteiger partial charge in [-0.25, -0.2) is 9.78 Å². The number of aromatic nitrogens is 2. The highest BCUT2D eigenvalue weighted by atomic mass is 16.6. The molecule has 30 heavy (non-hydrogen) atoms. The molecule has 1 heterocycles. The number of nitrogens with zero attached hydrogens (tertiary/aromatic N) is 4. The van der Waals surface area contributed by atoms with E-state index in [2.05, 4.69) is 34.0 Å². The van der Waals surface area contributed by atoms with Crippen LogP contribution < -0.4 is 16.0 Å². The number of anilines is 2. The minimum atomic E-state index is -0.596. The summed E-state index contributed by atoms with van der Waals surface area (Å²) < 4.78 is 5.22. The van der Waals surface area contributed by atoms with Crippen LogP contribution in [0.4, 0.5) is 16.6 Å². The van der Waals surface area contributed by atoms with Crippen LogP contribution in [-0.4, -0.2) is 66.2 Å². The summed E-state index contributed by atoms with van der Waals surface area (Å²) in [7, 11) is 3.47. The minimum Gasteiger partial charge on any atom is -0.444 e. The normalized spacial score (nSPS) is 10.6. The first-order valence-corrected chi connectivity index (χ1v) is 10.1. The van der Waals surface area contributed by atoms with Crippen molar-refractivity contribution >= 4 is 23.8 Å². The molecular formula is C21H34N6O3. The Labute approximate surface area is 179 Å². The largest absolute Gasteiger partial charge is 0.444 e. The van der Waals surface area contributed by atoms with E-state index in [0.29, 0.717) is 19.4 Å². The number of nitrogen functional groups attached to an aromatic ring is 1. The van der Waals surface area contributed by atoms with Gasteiger partial charge in [-0.15, -0.1) is 0 Å². The van der Waals surface area contributed by atoms with Gasteiger partial charge in [0.2, 0.25) is 11.9 Å². The van der Waals surface area contributed by atoms with E-state index >= 15 is 0 Å². The van der Waals surface area contributed by atoms with Crippen molar-refractivity contribution in [2.45, 2.75) is 52.6 Å². The first-order chi connectivity index (χ1) is 14.0. The van der Waals surface area contributed by atoms with Crippen LogP contribution in [0, 0.1) is 11.8 Å². The zero-order valence-electron chi connectivity index (χ0n) is 18.9. The SMILES string of the molecule is CCCN(C)c1nc(N)ncc1C#CCCCNC(=O)CN(C)C(=O)OC(C)(C)C. The maximum Gasteiger partial charge on any atom is 0.410 e. The number of rotatable bonds is 8. The number of nitrogens with two attached hydrogens (primary N) is 1. The summed E-state index contributed by atoms with van der Waals surface area (Å²) in [6, 6.07) is 0. The molecule has 166 valence electrons. The fraction of sp³-hybridized carbons (Fsp3) is 0.619. The molecule has 1 aromatic heterocycles. The van der Waals surface area contributed by atoms with Gasteiger partial charge in [0.05, 0.1) is 11.8 Å². The van der Waals surface area contributed by atoms with Crippen molar-refractivity contribution in [1.82, 2.24) is 20.2 Å². The summed E-state index contributed by atoms with van der Waals surface area (Å²) in [5.41, 5.74) is 5.83. The van der Waals surface area contributed by atoms with Crippen LogP contribution in [-0.2, 0) is 9.53 Å². The van der Waals surface area contributed by atoms with E-state index in [1.807, 2.05) is 11.9 Å². The lowest BCUT2D eigenvalue weighted by atomic mass is 10.2. The average Bonchev–Trinajstić information content (AvgIpc) is 2.64. The van der Waals surface area contributed by atoms with E-state index in [-0.39, 0.29) is 18.4 Å². The number of ether oxygens (including phenoxy) is 1. The molecule has 0 bridgehead atoms. The van der Waals surface area contributed by atoms with Gasteiger partial charge in [-0.05, 0) is 33.6 Å². The van der Waals surface area contributed by atoms with Crippen molar-refractivity contribution in [2.75, 3.05) is 44.4 Å². The van der Waals surface area contributed by atoms with Crippen LogP contribution in [0.15, 0.2) is 6.20 Å². The van der Waals surface area contributed by atoms with Crippen LogP contribution in [0.2, 0.25) is 0 Å². The standard InChI is InChI=1S/C21H34N6O3/c1-7-13-26(5)18-16(14-24-19(22)25-18)11-9-8-10-12-23-17(28)15-27(6)20(29)30-21(2,3)4/h14H,7-8,10,12-13,15H2,1-6H3,(H,23,28)(H2,22,24,25). The van der Waals surface area contributed by atoms with Gasteiger partial charge in [0.25, 0.3) is 0 Å². The van der Waals surface area contributed by atoms with Crippen molar-refractivity contribution in [3.05, 3.63) is 11.8 Å². The second-order valence-corrected chi connectivity index (χ2v) is 7.98. The van der Waals surface area contributed by atoms with Gasteiger partial charge >= 0.3 is 6.09 Å². The van der Waals surface area contributed by atoms with Gasteiger partial charge in [0.1, 0.15) is 18.0 Å². The lowest BCUT2D eigenvalue weighted by Gasteiger charge is -2.24. The number of carbonyl (C=O) groups excluding carboxylic acids is 2. The second kappa shape index (κ2) is 11.9.